The summed E-state index contributed by atoms with van der Waals surface area (Å²) in [5.74, 6) is 0.824. The molecule has 0 unspecified atom stereocenters. The van der Waals surface area contributed by atoms with Crippen LogP contribution in [-0.2, 0) is 5.54 Å². The van der Waals surface area contributed by atoms with Crippen molar-refractivity contribution in [2.24, 2.45) is 5.73 Å². The molecule has 0 spiro atoms. The number of nitrogens with two attached hydrogens (primary N) is 1. The van der Waals surface area contributed by atoms with Crippen molar-refractivity contribution in [3.63, 3.8) is 0 Å². The normalized spacial score (nSPS) is 29.7. The van der Waals surface area contributed by atoms with Gasteiger partial charge in [0.05, 0.1) is 13.2 Å². The Morgan fingerprint density at radius 1 is 1.47 bits per heavy atom. The summed E-state index contributed by atoms with van der Waals surface area (Å²) in [6, 6.07) is 6.01. The van der Waals surface area contributed by atoms with Crippen LogP contribution >= 0.6 is 0 Å². The summed E-state index contributed by atoms with van der Waals surface area (Å²) in [4.78, 5) is 0. The second kappa shape index (κ2) is 3.51. The van der Waals surface area contributed by atoms with E-state index >= 15 is 0 Å². The average Bonchev–Trinajstić information content (AvgIpc) is 2.15. The van der Waals surface area contributed by atoms with E-state index in [0.717, 1.165) is 16.9 Å². The number of aryl methyl sites for hydroxylation is 1. The van der Waals surface area contributed by atoms with Crippen molar-refractivity contribution in [2.75, 3.05) is 7.11 Å². The van der Waals surface area contributed by atoms with Gasteiger partial charge in [0, 0.05) is 11.1 Å². The van der Waals surface area contributed by atoms with E-state index in [0.29, 0.717) is 12.8 Å². The highest BCUT2D eigenvalue weighted by Gasteiger charge is 2.43. The van der Waals surface area contributed by atoms with Crippen LogP contribution in [0.4, 0.5) is 0 Å². The maximum atomic E-state index is 9.34. The summed E-state index contributed by atoms with van der Waals surface area (Å²) >= 11 is 0. The van der Waals surface area contributed by atoms with Gasteiger partial charge in [-0.15, -0.1) is 0 Å². The molecule has 1 saturated carbocycles. The van der Waals surface area contributed by atoms with E-state index in [-0.39, 0.29) is 6.10 Å². The molecule has 0 aromatic heterocycles. The highest BCUT2D eigenvalue weighted by Crippen LogP contribution is 2.43. The van der Waals surface area contributed by atoms with E-state index in [1.165, 1.54) is 0 Å². The van der Waals surface area contributed by atoms with Crippen LogP contribution in [0.5, 0.6) is 5.75 Å². The number of aliphatic hydroxyl groups is 1. The Labute approximate surface area is 89.9 Å². The third-order valence-electron chi connectivity index (χ3n) is 3.09. The second-order valence-corrected chi connectivity index (χ2v) is 4.42. The summed E-state index contributed by atoms with van der Waals surface area (Å²) in [5, 5.41) is 9.34. The topological polar surface area (TPSA) is 55.5 Å². The number of ether oxygens (including phenoxy) is 1. The summed E-state index contributed by atoms with van der Waals surface area (Å²) in [7, 11) is 1.65. The standard InChI is InChI=1S/C12H17NO2/c1-8-3-4-10(11(5-8)15-2)12(13)6-9(14)7-12/h3-5,9,14H,6-7,13H2,1-2H3. The van der Waals surface area contributed by atoms with Gasteiger partial charge in [-0.05, 0) is 31.4 Å². The van der Waals surface area contributed by atoms with Gasteiger partial charge in [-0.1, -0.05) is 12.1 Å². The molecule has 0 atom stereocenters. The van der Waals surface area contributed by atoms with E-state index in [9.17, 15) is 5.11 Å². The van der Waals surface area contributed by atoms with Crippen LogP contribution in [0.3, 0.4) is 0 Å². The van der Waals surface area contributed by atoms with Crippen LogP contribution in [-0.4, -0.2) is 18.3 Å². The molecule has 1 fully saturated rings. The summed E-state index contributed by atoms with van der Waals surface area (Å²) in [6.07, 6.45) is 0.972. The molecule has 0 saturated heterocycles. The quantitative estimate of drug-likeness (QED) is 0.768. The Balaban J connectivity index is 2.36. The van der Waals surface area contributed by atoms with Gasteiger partial charge in [-0.3, -0.25) is 0 Å². The monoisotopic (exact) mass is 207 g/mol. The van der Waals surface area contributed by atoms with Crippen LogP contribution in [0, 0.1) is 6.92 Å². The molecular formula is C12H17NO2. The van der Waals surface area contributed by atoms with Crippen molar-refractivity contribution in [3.05, 3.63) is 29.3 Å². The van der Waals surface area contributed by atoms with Gasteiger partial charge < -0.3 is 15.6 Å². The summed E-state index contributed by atoms with van der Waals surface area (Å²) in [5.41, 5.74) is 7.95. The van der Waals surface area contributed by atoms with E-state index in [1.54, 1.807) is 7.11 Å². The first-order valence-electron chi connectivity index (χ1n) is 5.17. The van der Waals surface area contributed by atoms with Gasteiger partial charge in [0.2, 0.25) is 0 Å². The van der Waals surface area contributed by atoms with Gasteiger partial charge in [0.25, 0.3) is 0 Å². The first-order valence-corrected chi connectivity index (χ1v) is 5.17. The fourth-order valence-corrected chi connectivity index (χ4v) is 2.21. The van der Waals surface area contributed by atoms with Gasteiger partial charge >= 0.3 is 0 Å². The Kier molecular flexibility index (Phi) is 2.44. The summed E-state index contributed by atoms with van der Waals surface area (Å²) < 4.78 is 5.32. The molecule has 3 heteroatoms. The second-order valence-electron chi connectivity index (χ2n) is 4.42. The maximum absolute atomic E-state index is 9.34. The largest absolute Gasteiger partial charge is 0.496 e. The van der Waals surface area contributed by atoms with Gasteiger partial charge in [0.15, 0.2) is 0 Å². The van der Waals surface area contributed by atoms with E-state index < -0.39 is 5.54 Å². The number of methoxy groups -OCH3 is 1. The fourth-order valence-electron chi connectivity index (χ4n) is 2.21. The zero-order chi connectivity index (χ0) is 11.1. The molecule has 1 aromatic carbocycles. The minimum Gasteiger partial charge on any atom is -0.496 e. The number of rotatable bonds is 2. The van der Waals surface area contributed by atoms with E-state index in [4.69, 9.17) is 10.5 Å². The number of aliphatic hydroxyl groups excluding tert-OH is 1. The van der Waals surface area contributed by atoms with Crippen molar-refractivity contribution in [1.29, 1.82) is 0 Å². The van der Waals surface area contributed by atoms with Crippen LogP contribution in [0.15, 0.2) is 18.2 Å². The van der Waals surface area contributed by atoms with Crippen LogP contribution < -0.4 is 10.5 Å². The van der Waals surface area contributed by atoms with Crippen molar-refractivity contribution >= 4 is 0 Å². The van der Waals surface area contributed by atoms with E-state index in [1.807, 2.05) is 25.1 Å². The smallest absolute Gasteiger partial charge is 0.124 e. The molecule has 0 radical (unpaired) electrons. The third kappa shape index (κ3) is 1.73. The zero-order valence-corrected chi connectivity index (χ0v) is 9.16. The molecule has 0 amide bonds. The Bertz CT molecular complexity index is 370. The van der Waals surface area contributed by atoms with Crippen LogP contribution in [0.25, 0.3) is 0 Å². The maximum Gasteiger partial charge on any atom is 0.124 e. The van der Waals surface area contributed by atoms with Gasteiger partial charge in [-0.25, -0.2) is 0 Å². The molecule has 1 aliphatic carbocycles. The molecule has 3 N–H and O–H groups in total. The van der Waals surface area contributed by atoms with Crippen molar-refractivity contribution in [2.45, 2.75) is 31.4 Å². The molecule has 2 rings (SSSR count). The predicted molar refractivity (Wildman–Crippen MR) is 58.8 cm³/mol. The lowest BCUT2D eigenvalue weighted by atomic mass is 9.70. The van der Waals surface area contributed by atoms with Gasteiger partial charge in [-0.2, -0.15) is 0 Å². The Hall–Kier alpha value is -1.06. The minimum absolute atomic E-state index is 0.263. The highest BCUT2D eigenvalue weighted by atomic mass is 16.5. The van der Waals surface area contributed by atoms with Crippen molar-refractivity contribution in [1.82, 2.24) is 0 Å². The zero-order valence-electron chi connectivity index (χ0n) is 9.16. The third-order valence-corrected chi connectivity index (χ3v) is 3.09. The molecule has 3 nitrogen and oxygen atoms in total. The lowest BCUT2D eigenvalue weighted by Gasteiger charge is -2.43. The first kappa shape index (κ1) is 10.5. The van der Waals surface area contributed by atoms with Gasteiger partial charge in [0.1, 0.15) is 5.75 Å². The van der Waals surface area contributed by atoms with Crippen molar-refractivity contribution < 1.29 is 9.84 Å². The molecule has 82 valence electrons. The molecule has 0 bridgehead atoms. The first-order chi connectivity index (χ1) is 7.05. The minimum atomic E-state index is -0.404. The fraction of sp³-hybridized carbons (Fsp3) is 0.500. The van der Waals surface area contributed by atoms with Crippen LogP contribution in [0.1, 0.15) is 24.0 Å². The average molecular weight is 207 g/mol. The highest BCUT2D eigenvalue weighted by molar-refractivity contribution is 5.43. The Morgan fingerprint density at radius 3 is 2.67 bits per heavy atom. The van der Waals surface area contributed by atoms with Crippen LogP contribution in [0.2, 0.25) is 0 Å². The van der Waals surface area contributed by atoms with Crippen molar-refractivity contribution in [3.8, 4) is 5.75 Å². The predicted octanol–water partition coefficient (Wildman–Crippen LogP) is 1.31. The lowest BCUT2D eigenvalue weighted by molar-refractivity contribution is 0.0198. The SMILES string of the molecule is COc1cc(C)ccc1C1(N)CC(O)C1. The summed E-state index contributed by atoms with van der Waals surface area (Å²) in [6.45, 7) is 2.02. The lowest BCUT2D eigenvalue weighted by Crippen LogP contribution is -2.51. The molecule has 15 heavy (non-hydrogen) atoms. The molecule has 1 aliphatic rings. The Morgan fingerprint density at radius 2 is 2.13 bits per heavy atom. The molecule has 1 aromatic rings. The number of hydrogen-bond donors (Lipinski definition) is 2. The number of benzene rings is 1. The number of hydrogen-bond acceptors (Lipinski definition) is 3. The van der Waals surface area contributed by atoms with E-state index in [2.05, 4.69) is 0 Å². The molecule has 0 aliphatic heterocycles. The molecule has 0 heterocycles. The molecular weight excluding hydrogens is 190 g/mol.